The molecule has 0 N–H and O–H groups in total. The van der Waals surface area contributed by atoms with Crippen LogP contribution in [0.3, 0.4) is 0 Å². The standard InChI is InChI=1S/C20H25ClN4O/c1-14(2)20(26)24(3)15-8-10-25(11-9-15)19-12-18(22-13-23-19)16-6-4-5-7-17(16)21/h4-7,12-15H,8-11H2,1-3H3. The van der Waals surface area contributed by atoms with Crippen LogP contribution in [-0.2, 0) is 4.79 Å². The third-order valence-electron chi connectivity index (χ3n) is 4.98. The number of carbonyl (C=O) groups excluding carboxylic acids is 1. The molecular weight excluding hydrogens is 348 g/mol. The van der Waals surface area contributed by atoms with Gasteiger partial charge in [0.1, 0.15) is 12.1 Å². The average molecular weight is 373 g/mol. The van der Waals surface area contributed by atoms with Crippen LogP contribution in [0.4, 0.5) is 5.82 Å². The minimum atomic E-state index is 0.0399. The van der Waals surface area contributed by atoms with Gasteiger partial charge in [-0.3, -0.25) is 4.79 Å². The van der Waals surface area contributed by atoms with Crippen molar-refractivity contribution in [3.05, 3.63) is 41.7 Å². The fourth-order valence-electron chi connectivity index (χ4n) is 3.41. The quantitative estimate of drug-likeness (QED) is 0.817. The van der Waals surface area contributed by atoms with E-state index in [1.54, 1.807) is 6.33 Å². The predicted octanol–water partition coefficient (Wildman–Crippen LogP) is 3.88. The van der Waals surface area contributed by atoms with Crippen LogP contribution in [0.1, 0.15) is 26.7 Å². The van der Waals surface area contributed by atoms with Crippen molar-refractivity contribution in [3.63, 3.8) is 0 Å². The first kappa shape index (κ1) is 18.6. The van der Waals surface area contributed by atoms with Gasteiger partial charge in [0.05, 0.1) is 5.69 Å². The molecule has 1 fully saturated rings. The molecule has 0 spiro atoms. The zero-order chi connectivity index (χ0) is 18.7. The highest BCUT2D eigenvalue weighted by molar-refractivity contribution is 6.33. The van der Waals surface area contributed by atoms with Crippen molar-refractivity contribution in [2.75, 3.05) is 25.0 Å². The van der Waals surface area contributed by atoms with Crippen molar-refractivity contribution in [2.24, 2.45) is 5.92 Å². The molecule has 0 atom stereocenters. The lowest BCUT2D eigenvalue weighted by Gasteiger charge is -2.38. The second-order valence-electron chi connectivity index (χ2n) is 7.06. The maximum absolute atomic E-state index is 12.2. The number of anilines is 1. The Morgan fingerprint density at radius 1 is 1.23 bits per heavy atom. The van der Waals surface area contributed by atoms with E-state index in [9.17, 15) is 4.79 Å². The van der Waals surface area contributed by atoms with Gasteiger partial charge in [0.2, 0.25) is 5.91 Å². The number of piperidine rings is 1. The van der Waals surface area contributed by atoms with Gasteiger partial charge in [-0.25, -0.2) is 9.97 Å². The maximum Gasteiger partial charge on any atom is 0.225 e. The Kier molecular flexibility index (Phi) is 5.77. The molecular formula is C20H25ClN4O. The third-order valence-corrected chi connectivity index (χ3v) is 5.31. The number of carbonyl (C=O) groups is 1. The number of amides is 1. The van der Waals surface area contributed by atoms with Gasteiger partial charge < -0.3 is 9.80 Å². The van der Waals surface area contributed by atoms with E-state index < -0.39 is 0 Å². The van der Waals surface area contributed by atoms with Gasteiger partial charge in [0, 0.05) is 48.7 Å². The summed E-state index contributed by atoms with van der Waals surface area (Å²) in [7, 11) is 1.92. The van der Waals surface area contributed by atoms with Gasteiger partial charge in [-0.15, -0.1) is 0 Å². The number of hydrogen-bond donors (Lipinski definition) is 0. The molecule has 5 nitrogen and oxygen atoms in total. The zero-order valence-corrected chi connectivity index (χ0v) is 16.3. The lowest BCUT2D eigenvalue weighted by Crippen LogP contribution is -2.47. The Morgan fingerprint density at radius 3 is 2.58 bits per heavy atom. The van der Waals surface area contributed by atoms with Crippen molar-refractivity contribution in [3.8, 4) is 11.3 Å². The van der Waals surface area contributed by atoms with Crippen LogP contribution in [0.25, 0.3) is 11.3 Å². The summed E-state index contributed by atoms with van der Waals surface area (Å²) in [4.78, 5) is 25.2. The van der Waals surface area contributed by atoms with Crippen LogP contribution in [0.2, 0.25) is 5.02 Å². The molecule has 1 aromatic carbocycles. The Balaban J connectivity index is 1.70. The lowest BCUT2D eigenvalue weighted by atomic mass is 10.0. The highest BCUT2D eigenvalue weighted by Crippen LogP contribution is 2.28. The van der Waals surface area contributed by atoms with E-state index in [0.717, 1.165) is 43.0 Å². The summed E-state index contributed by atoms with van der Waals surface area (Å²) < 4.78 is 0. The molecule has 138 valence electrons. The SMILES string of the molecule is CC(C)C(=O)N(C)C1CCN(c2cc(-c3ccccc3Cl)ncn2)CC1. The topological polar surface area (TPSA) is 49.3 Å². The third kappa shape index (κ3) is 3.98. The number of hydrogen-bond acceptors (Lipinski definition) is 4. The molecule has 0 saturated carbocycles. The first-order valence-corrected chi connectivity index (χ1v) is 9.43. The lowest BCUT2D eigenvalue weighted by molar-refractivity contribution is -0.135. The Bertz CT molecular complexity index is 772. The molecule has 1 aliphatic rings. The Labute approximate surface area is 160 Å². The van der Waals surface area contributed by atoms with Crippen LogP contribution in [-0.4, -0.2) is 47.0 Å². The highest BCUT2D eigenvalue weighted by Gasteiger charge is 2.27. The number of rotatable bonds is 4. The van der Waals surface area contributed by atoms with E-state index in [4.69, 9.17) is 11.6 Å². The molecule has 0 unspecified atom stereocenters. The molecule has 1 aliphatic heterocycles. The molecule has 0 radical (unpaired) electrons. The van der Waals surface area contributed by atoms with Gasteiger partial charge >= 0.3 is 0 Å². The first-order valence-electron chi connectivity index (χ1n) is 9.06. The van der Waals surface area contributed by atoms with Crippen LogP contribution < -0.4 is 4.90 Å². The molecule has 1 saturated heterocycles. The summed E-state index contributed by atoms with van der Waals surface area (Å²) in [5.74, 6) is 1.16. The van der Waals surface area contributed by atoms with Gasteiger partial charge in [0.15, 0.2) is 0 Å². The molecule has 2 heterocycles. The van der Waals surface area contributed by atoms with Gasteiger partial charge in [-0.1, -0.05) is 43.6 Å². The van der Waals surface area contributed by atoms with Crippen LogP contribution >= 0.6 is 11.6 Å². The number of benzene rings is 1. The monoisotopic (exact) mass is 372 g/mol. The van der Waals surface area contributed by atoms with Crippen molar-refractivity contribution in [1.29, 1.82) is 0 Å². The van der Waals surface area contributed by atoms with Crippen molar-refractivity contribution in [2.45, 2.75) is 32.7 Å². The second-order valence-corrected chi connectivity index (χ2v) is 7.47. The van der Waals surface area contributed by atoms with E-state index in [1.807, 2.05) is 56.1 Å². The summed E-state index contributed by atoms with van der Waals surface area (Å²) >= 11 is 6.29. The normalized spacial score (nSPS) is 15.3. The van der Waals surface area contributed by atoms with Gasteiger partial charge in [-0.2, -0.15) is 0 Å². The smallest absolute Gasteiger partial charge is 0.225 e. The molecule has 2 aromatic rings. The largest absolute Gasteiger partial charge is 0.356 e. The van der Waals surface area contributed by atoms with Crippen LogP contribution in [0.5, 0.6) is 0 Å². The van der Waals surface area contributed by atoms with Gasteiger partial charge in [-0.05, 0) is 18.9 Å². The Hall–Kier alpha value is -2.14. The summed E-state index contributed by atoms with van der Waals surface area (Å²) in [6.07, 6.45) is 3.48. The van der Waals surface area contributed by atoms with E-state index in [0.29, 0.717) is 11.1 Å². The first-order chi connectivity index (χ1) is 12.5. The predicted molar refractivity (Wildman–Crippen MR) is 105 cm³/mol. The molecule has 1 amide bonds. The highest BCUT2D eigenvalue weighted by atomic mass is 35.5. The second kappa shape index (κ2) is 8.04. The number of nitrogens with zero attached hydrogens (tertiary/aromatic N) is 4. The fraction of sp³-hybridized carbons (Fsp3) is 0.450. The van der Waals surface area contributed by atoms with E-state index in [2.05, 4.69) is 14.9 Å². The number of aromatic nitrogens is 2. The van der Waals surface area contributed by atoms with E-state index in [-0.39, 0.29) is 11.8 Å². The minimum absolute atomic E-state index is 0.0399. The van der Waals surface area contributed by atoms with Crippen molar-refractivity contribution in [1.82, 2.24) is 14.9 Å². The Morgan fingerprint density at radius 2 is 1.92 bits per heavy atom. The number of halogens is 1. The van der Waals surface area contributed by atoms with Gasteiger partial charge in [0.25, 0.3) is 0 Å². The van der Waals surface area contributed by atoms with E-state index >= 15 is 0 Å². The van der Waals surface area contributed by atoms with E-state index in [1.165, 1.54) is 0 Å². The molecule has 1 aromatic heterocycles. The van der Waals surface area contributed by atoms with Crippen LogP contribution in [0, 0.1) is 5.92 Å². The molecule has 6 heteroatoms. The molecule has 3 rings (SSSR count). The summed E-state index contributed by atoms with van der Waals surface area (Å²) in [5.41, 5.74) is 1.74. The summed E-state index contributed by atoms with van der Waals surface area (Å²) in [5, 5.41) is 0.685. The molecule has 26 heavy (non-hydrogen) atoms. The maximum atomic E-state index is 12.2. The van der Waals surface area contributed by atoms with Crippen LogP contribution in [0.15, 0.2) is 36.7 Å². The fourth-order valence-corrected chi connectivity index (χ4v) is 3.64. The summed E-state index contributed by atoms with van der Waals surface area (Å²) in [6, 6.07) is 9.98. The zero-order valence-electron chi connectivity index (χ0n) is 15.5. The van der Waals surface area contributed by atoms with Crippen molar-refractivity contribution >= 4 is 23.3 Å². The molecule has 0 bridgehead atoms. The average Bonchev–Trinajstić information content (AvgIpc) is 2.67. The summed E-state index contributed by atoms with van der Waals surface area (Å²) in [6.45, 7) is 5.65. The van der Waals surface area contributed by atoms with Crippen molar-refractivity contribution < 1.29 is 4.79 Å². The minimum Gasteiger partial charge on any atom is -0.356 e. The molecule has 0 aliphatic carbocycles.